The van der Waals surface area contributed by atoms with Crippen molar-refractivity contribution in [3.8, 4) is 6.19 Å². The van der Waals surface area contributed by atoms with Gasteiger partial charge in [-0.3, -0.25) is 0 Å². The average molecular weight is 433 g/mol. The van der Waals surface area contributed by atoms with Gasteiger partial charge in [0.25, 0.3) is 0 Å². The number of halogens is 1. The molecule has 6 nitrogen and oxygen atoms in total. The molecule has 2 aliphatic rings. The number of nitrogens with zero attached hydrogens (tertiary/aromatic N) is 2. The molecule has 8 heteroatoms. The summed E-state index contributed by atoms with van der Waals surface area (Å²) in [5.74, 6) is 0. The van der Waals surface area contributed by atoms with Crippen molar-refractivity contribution in [3.05, 3.63) is 56.3 Å². The third kappa shape index (κ3) is 3.96. The Labute approximate surface area is 178 Å². The highest BCUT2D eigenvalue weighted by atomic mass is 32.1. The van der Waals surface area contributed by atoms with Crippen LogP contribution in [0.25, 0.3) is 0 Å². The van der Waals surface area contributed by atoms with Gasteiger partial charge in [-0.2, -0.15) is 5.26 Å². The van der Waals surface area contributed by atoms with Gasteiger partial charge in [-0.15, -0.1) is 11.3 Å². The van der Waals surface area contributed by atoms with E-state index in [1.807, 2.05) is 19.1 Å². The standard InChI is InChI=1S/C22H25FN2O4S/c1-12-2-3-13(22-21(28)20(27)19(23)17(10-26)29-22)6-14(12)7-16-8-15-9-25(11-24)5-4-18(15)30-16/h2-3,6,8,17,19-22,26-28H,4-5,7,9-10H2,1H3/t17-,19-,20+,21-,22+/m1/s1. The van der Waals surface area contributed by atoms with Crippen LogP contribution in [0.1, 0.15) is 38.1 Å². The second kappa shape index (κ2) is 8.61. The first-order chi connectivity index (χ1) is 14.4. The van der Waals surface area contributed by atoms with E-state index in [-0.39, 0.29) is 0 Å². The molecule has 0 unspecified atom stereocenters. The fourth-order valence-electron chi connectivity index (χ4n) is 4.16. The molecule has 0 aliphatic carbocycles. The smallest absolute Gasteiger partial charge is 0.179 e. The number of aliphatic hydroxyl groups excluding tert-OH is 3. The lowest BCUT2D eigenvalue weighted by Gasteiger charge is -2.39. The van der Waals surface area contributed by atoms with E-state index >= 15 is 0 Å². The molecule has 1 aromatic heterocycles. The predicted octanol–water partition coefficient (Wildman–Crippen LogP) is 1.98. The summed E-state index contributed by atoms with van der Waals surface area (Å²) in [5.41, 5.74) is 3.98. The summed E-state index contributed by atoms with van der Waals surface area (Å²) < 4.78 is 19.6. The second-order valence-corrected chi connectivity index (χ2v) is 9.22. The van der Waals surface area contributed by atoms with Gasteiger partial charge in [0.2, 0.25) is 0 Å². The highest BCUT2D eigenvalue weighted by molar-refractivity contribution is 7.12. The number of alkyl halides is 1. The third-order valence-electron chi connectivity index (χ3n) is 5.97. The summed E-state index contributed by atoms with van der Waals surface area (Å²) in [4.78, 5) is 4.27. The molecule has 2 aromatic rings. The van der Waals surface area contributed by atoms with E-state index in [0.29, 0.717) is 18.5 Å². The van der Waals surface area contributed by atoms with Crippen molar-refractivity contribution in [1.82, 2.24) is 4.90 Å². The SMILES string of the molecule is Cc1ccc([C@@H]2O[C@H](CO)[C@@H](F)[C@H](O)[C@H]2O)cc1Cc1cc2c(s1)CCN(C#N)C2. The average Bonchev–Trinajstić information content (AvgIpc) is 3.15. The Hall–Kier alpha value is -2.02. The molecule has 0 bridgehead atoms. The Kier molecular flexibility index (Phi) is 6.09. The number of aryl methyl sites for hydroxylation is 1. The molecule has 30 heavy (non-hydrogen) atoms. The van der Waals surface area contributed by atoms with Crippen LogP contribution in [0.5, 0.6) is 0 Å². The van der Waals surface area contributed by atoms with Gasteiger partial charge in [-0.25, -0.2) is 4.39 Å². The lowest BCUT2D eigenvalue weighted by molar-refractivity contribution is -0.214. The van der Waals surface area contributed by atoms with Crippen molar-refractivity contribution in [2.75, 3.05) is 13.2 Å². The van der Waals surface area contributed by atoms with Crippen LogP contribution in [0, 0.1) is 18.4 Å². The van der Waals surface area contributed by atoms with E-state index < -0.39 is 37.2 Å². The summed E-state index contributed by atoms with van der Waals surface area (Å²) >= 11 is 1.76. The number of thiophene rings is 1. The zero-order chi connectivity index (χ0) is 21.4. The lowest BCUT2D eigenvalue weighted by Crippen LogP contribution is -2.53. The molecule has 0 radical (unpaired) electrons. The van der Waals surface area contributed by atoms with Gasteiger partial charge in [0.15, 0.2) is 12.4 Å². The van der Waals surface area contributed by atoms with Crippen LogP contribution in [0.4, 0.5) is 4.39 Å². The normalized spacial score (nSPS) is 28.8. The van der Waals surface area contributed by atoms with E-state index in [1.165, 1.54) is 15.3 Å². The molecule has 1 aromatic carbocycles. The maximum absolute atomic E-state index is 14.1. The quantitative estimate of drug-likeness (QED) is 0.640. The Morgan fingerprint density at radius 3 is 2.83 bits per heavy atom. The van der Waals surface area contributed by atoms with Gasteiger partial charge in [-0.1, -0.05) is 18.2 Å². The third-order valence-corrected chi connectivity index (χ3v) is 7.21. The number of rotatable bonds is 4. The van der Waals surface area contributed by atoms with E-state index in [9.17, 15) is 19.7 Å². The van der Waals surface area contributed by atoms with E-state index in [0.717, 1.165) is 24.1 Å². The highest BCUT2D eigenvalue weighted by Crippen LogP contribution is 2.35. The van der Waals surface area contributed by atoms with Crippen LogP contribution in [-0.4, -0.2) is 57.9 Å². The zero-order valence-corrected chi connectivity index (χ0v) is 17.5. The summed E-state index contributed by atoms with van der Waals surface area (Å²) in [6.07, 6.45) is -3.17. The molecule has 2 aliphatic heterocycles. The van der Waals surface area contributed by atoms with Gasteiger partial charge < -0.3 is 25.0 Å². The Balaban J connectivity index is 1.57. The Bertz CT molecular complexity index is 957. The predicted molar refractivity (Wildman–Crippen MR) is 110 cm³/mol. The fourth-order valence-corrected chi connectivity index (χ4v) is 5.36. The number of benzene rings is 1. The number of fused-ring (bicyclic) bond motifs is 1. The minimum absolute atomic E-state index is 0.569. The molecule has 1 fully saturated rings. The van der Waals surface area contributed by atoms with Crippen molar-refractivity contribution < 1.29 is 24.4 Å². The topological polar surface area (TPSA) is 96.9 Å². The molecule has 1 saturated heterocycles. The van der Waals surface area contributed by atoms with Gasteiger partial charge >= 0.3 is 0 Å². The number of hydrogen-bond acceptors (Lipinski definition) is 7. The molecule has 160 valence electrons. The highest BCUT2D eigenvalue weighted by Gasteiger charge is 2.45. The van der Waals surface area contributed by atoms with Crippen LogP contribution in [0.15, 0.2) is 24.3 Å². The Morgan fingerprint density at radius 1 is 1.30 bits per heavy atom. The first-order valence-electron chi connectivity index (χ1n) is 10.0. The minimum Gasteiger partial charge on any atom is -0.394 e. The van der Waals surface area contributed by atoms with E-state index in [2.05, 4.69) is 12.3 Å². The Morgan fingerprint density at radius 2 is 2.10 bits per heavy atom. The largest absolute Gasteiger partial charge is 0.394 e. The number of nitriles is 1. The van der Waals surface area contributed by atoms with Crippen LogP contribution in [-0.2, 0) is 24.1 Å². The van der Waals surface area contributed by atoms with Gasteiger partial charge in [0, 0.05) is 29.1 Å². The monoisotopic (exact) mass is 432 g/mol. The van der Waals surface area contributed by atoms with Crippen molar-refractivity contribution in [2.45, 2.75) is 56.9 Å². The number of ether oxygens (including phenoxy) is 1. The molecule has 0 amide bonds. The molecular formula is C22H25FN2O4S. The van der Waals surface area contributed by atoms with Gasteiger partial charge in [0.1, 0.15) is 24.4 Å². The zero-order valence-electron chi connectivity index (χ0n) is 16.7. The first-order valence-corrected chi connectivity index (χ1v) is 10.8. The molecule has 5 atom stereocenters. The summed E-state index contributed by atoms with van der Waals surface area (Å²) in [7, 11) is 0. The van der Waals surface area contributed by atoms with E-state index in [1.54, 1.807) is 22.3 Å². The van der Waals surface area contributed by atoms with Crippen molar-refractivity contribution in [1.29, 1.82) is 5.26 Å². The van der Waals surface area contributed by atoms with Crippen LogP contribution >= 0.6 is 11.3 Å². The van der Waals surface area contributed by atoms with Crippen molar-refractivity contribution >= 4 is 11.3 Å². The number of hydrogen-bond donors (Lipinski definition) is 3. The van der Waals surface area contributed by atoms with Crippen molar-refractivity contribution in [3.63, 3.8) is 0 Å². The molecule has 0 saturated carbocycles. The van der Waals surface area contributed by atoms with Crippen molar-refractivity contribution in [2.24, 2.45) is 0 Å². The summed E-state index contributed by atoms with van der Waals surface area (Å²) in [5, 5.41) is 38.9. The number of aliphatic hydroxyl groups is 3. The summed E-state index contributed by atoms with van der Waals surface area (Å²) in [6, 6.07) is 7.80. The minimum atomic E-state index is -1.84. The first kappa shape index (κ1) is 21.2. The lowest BCUT2D eigenvalue weighted by atomic mass is 9.90. The molecule has 3 N–H and O–H groups in total. The fraction of sp³-hybridized carbons (Fsp3) is 0.500. The summed E-state index contributed by atoms with van der Waals surface area (Å²) in [6.45, 7) is 2.83. The van der Waals surface area contributed by atoms with Crippen LogP contribution < -0.4 is 0 Å². The van der Waals surface area contributed by atoms with Crippen LogP contribution in [0.3, 0.4) is 0 Å². The second-order valence-electron chi connectivity index (χ2n) is 8.00. The molecule has 4 rings (SSSR count). The van der Waals surface area contributed by atoms with Gasteiger partial charge in [-0.05, 0) is 35.2 Å². The maximum atomic E-state index is 14.1. The molecule has 0 spiro atoms. The maximum Gasteiger partial charge on any atom is 0.179 e. The molecular weight excluding hydrogens is 407 g/mol. The van der Waals surface area contributed by atoms with Crippen LogP contribution in [0.2, 0.25) is 0 Å². The van der Waals surface area contributed by atoms with E-state index in [4.69, 9.17) is 10.00 Å². The molecule has 3 heterocycles. The van der Waals surface area contributed by atoms with Gasteiger partial charge in [0.05, 0.1) is 13.2 Å².